The van der Waals surface area contributed by atoms with Crippen molar-refractivity contribution < 1.29 is 13.2 Å². The zero-order valence-electron chi connectivity index (χ0n) is 16.1. The van der Waals surface area contributed by atoms with E-state index in [1.165, 1.54) is 11.8 Å². The van der Waals surface area contributed by atoms with E-state index in [1.807, 2.05) is 26.0 Å². The Hall–Kier alpha value is -1.96. The molecular formula is C20H27N3O3S. The largest absolute Gasteiger partial charge is 0.491 e. The third-order valence-electron chi connectivity index (χ3n) is 4.58. The van der Waals surface area contributed by atoms with E-state index >= 15 is 0 Å². The fraction of sp³-hybridized carbons (Fsp3) is 0.450. The van der Waals surface area contributed by atoms with Gasteiger partial charge in [-0.15, -0.1) is 0 Å². The van der Waals surface area contributed by atoms with E-state index in [0.717, 1.165) is 25.3 Å². The van der Waals surface area contributed by atoms with Crippen molar-refractivity contribution in [1.82, 2.24) is 14.6 Å². The molecule has 1 atom stereocenters. The molecule has 27 heavy (non-hydrogen) atoms. The summed E-state index contributed by atoms with van der Waals surface area (Å²) in [6.07, 6.45) is 3.97. The van der Waals surface area contributed by atoms with Crippen molar-refractivity contribution in [2.45, 2.75) is 50.8 Å². The summed E-state index contributed by atoms with van der Waals surface area (Å²) >= 11 is 0. The molecule has 1 saturated heterocycles. The third kappa shape index (κ3) is 5.28. The molecule has 0 unspecified atom stereocenters. The molecule has 6 nitrogen and oxygen atoms in total. The number of rotatable bonds is 7. The van der Waals surface area contributed by atoms with Crippen LogP contribution in [0, 0.1) is 6.92 Å². The molecule has 1 aliphatic rings. The quantitative estimate of drug-likeness (QED) is 0.788. The molecule has 3 rings (SSSR count). The fourth-order valence-corrected chi connectivity index (χ4v) is 4.74. The molecule has 0 aliphatic carbocycles. The van der Waals surface area contributed by atoms with Crippen LogP contribution in [0.1, 0.15) is 31.4 Å². The lowest BCUT2D eigenvalue weighted by molar-refractivity contribution is 0.242. The molecule has 7 heteroatoms. The van der Waals surface area contributed by atoms with Crippen LogP contribution < -0.4 is 9.46 Å². The zero-order valence-corrected chi connectivity index (χ0v) is 16.9. The van der Waals surface area contributed by atoms with E-state index in [0.29, 0.717) is 12.1 Å². The minimum absolute atomic E-state index is 0.0850. The third-order valence-corrected chi connectivity index (χ3v) is 6.23. The zero-order chi connectivity index (χ0) is 19.4. The second-order valence-electron chi connectivity index (χ2n) is 7.29. The van der Waals surface area contributed by atoms with Gasteiger partial charge in [-0.2, -0.15) is 0 Å². The van der Waals surface area contributed by atoms with Gasteiger partial charge >= 0.3 is 0 Å². The van der Waals surface area contributed by atoms with Gasteiger partial charge in [-0.3, -0.25) is 9.88 Å². The van der Waals surface area contributed by atoms with Crippen LogP contribution in [0.15, 0.2) is 47.6 Å². The molecule has 0 radical (unpaired) electrons. The molecule has 0 saturated carbocycles. The van der Waals surface area contributed by atoms with Crippen LogP contribution in [0.3, 0.4) is 0 Å². The highest BCUT2D eigenvalue weighted by Crippen LogP contribution is 2.19. The number of nitrogens with zero attached hydrogens (tertiary/aromatic N) is 2. The Bertz CT molecular complexity index is 866. The number of sulfonamides is 1. The lowest BCUT2D eigenvalue weighted by atomic mass is 10.2. The van der Waals surface area contributed by atoms with E-state index in [9.17, 15) is 8.42 Å². The molecule has 0 bridgehead atoms. The van der Waals surface area contributed by atoms with Gasteiger partial charge in [0.2, 0.25) is 10.0 Å². The highest BCUT2D eigenvalue weighted by atomic mass is 32.2. The SMILES string of the molecule is Cc1ccncc1S(=O)(=O)N[C@@H]1CCN(Cc2ccc(OC(C)C)cc2)C1. The first-order chi connectivity index (χ1) is 12.8. The maximum atomic E-state index is 12.6. The van der Waals surface area contributed by atoms with Crippen molar-refractivity contribution in [3.8, 4) is 5.75 Å². The maximum absolute atomic E-state index is 12.6. The van der Waals surface area contributed by atoms with Crippen molar-refractivity contribution in [2.75, 3.05) is 13.1 Å². The Labute approximate surface area is 161 Å². The van der Waals surface area contributed by atoms with Crippen LogP contribution in [0.4, 0.5) is 0 Å². The van der Waals surface area contributed by atoms with Crippen LogP contribution >= 0.6 is 0 Å². The summed E-state index contributed by atoms with van der Waals surface area (Å²) in [6, 6.07) is 9.72. The van der Waals surface area contributed by atoms with E-state index in [1.54, 1.807) is 19.2 Å². The summed E-state index contributed by atoms with van der Waals surface area (Å²) in [4.78, 5) is 6.46. The van der Waals surface area contributed by atoms with Crippen molar-refractivity contribution in [3.63, 3.8) is 0 Å². The first-order valence-electron chi connectivity index (χ1n) is 9.24. The number of ether oxygens (including phenoxy) is 1. The molecular weight excluding hydrogens is 362 g/mol. The van der Waals surface area contributed by atoms with Gasteiger partial charge in [0.1, 0.15) is 10.6 Å². The first kappa shape index (κ1) is 19.8. The minimum atomic E-state index is -3.54. The predicted octanol–water partition coefficient (Wildman–Crippen LogP) is 2.73. The molecule has 0 spiro atoms. The number of benzene rings is 1. The summed E-state index contributed by atoms with van der Waals surface area (Å²) in [5.41, 5.74) is 1.90. The number of nitrogens with one attached hydrogen (secondary N) is 1. The number of likely N-dealkylation sites (tertiary alicyclic amines) is 1. The molecule has 2 aromatic rings. The number of aryl methyl sites for hydroxylation is 1. The van der Waals surface area contributed by atoms with Gasteiger partial charge in [0.15, 0.2) is 0 Å². The number of pyridine rings is 1. The molecule has 146 valence electrons. The van der Waals surface area contributed by atoms with Gasteiger partial charge in [0, 0.05) is 38.1 Å². The van der Waals surface area contributed by atoms with Crippen molar-refractivity contribution in [2.24, 2.45) is 0 Å². The van der Waals surface area contributed by atoms with Crippen molar-refractivity contribution >= 4 is 10.0 Å². The Balaban J connectivity index is 1.56. The topological polar surface area (TPSA) is 71.5 Å². The number of aromatic nitrogens is 1. The lowest BCUT2D eigenvalue weighted by Gasteiger charge is -2.18. The Morgan fingerprint density at radius 1 is 1.26 bits per heavy atom. The molecule has 1 fully saturated rings. The van der Waals surface area contributed by atoms with Crippen molar-refractivity contribution in [3.05, 3.63) is 53.9 Å². The molecule has 1 aliphatic heterocycles. The molecule has 1 aromatic carbocycles. The highest BCUT2D eigenvalue weighted by molar-refractivity contribution is 7.89. The smallest absolute Gasteiger partial charge is 0.242 e. The van der Waals surface area contributed by atoms with E-state index in [-0.39, 0.29) is 17.0 Å². The summed E-state index contributed by atoms with van der Waals surface area (Å²) in [5, 5.41) is 0. The Morgan fingerprint density at radius 2 is 2.00 bits per heavy atom. The highest BCUT2D eigenvalue weighted by Gasteiger charge is 2.28. The van der Waals surface area contributed by atoms with Gasteiger partial charge < -0.3 is 4.74 Å². The van der Waals surface area contributed by atoms with E-state index < -0.39 is 10.0 Å². The average molecular weight is 390 g/mol. The summed E-state index contributed by atoms with van der Waals surface area (Å²) in [5.74, 6) is 0.868. The molecule has 0 amide bonds. The predicted molar refractivity (Wildman–Crippen MR) is 105 cm³/mol. The summed E-state index contributed by atoms with van der Waals surface area (Å²) < 4.78 is 33.7. The second-order valence-corrected chi connectivity index (χ2v) is 8.98. The van der Waals surface area contributed by atoms with Crippen LogP contribution in [0.2, 0.25) is 0 Å². The summed E-state index contributed by atoms with van der Waals surface area (Å²) in [6.45, 7) is 8.15. The Morgan fingerprint density at radius 3 is 2.67 bits per heavy atom. The normalized spacial score (nSPS) is 18.1. The Kier molecular flexibility index (Phi) is 6.14. The minimum Gasteiger partial charge on any atom is -0.491 e. The summed E-state index contributed by atoms with van der Waals surface area (Å²) in [7, 11) is -3.54. The molecule has 2 heterocycles. The first-order valence-corrected chi connectivity index (χ1v) is 10.7. The van der Waals surface area contributed by atoms with E-state index in [2.05, 4.69) is 26.7 Å². The molecule has 1 N–H and O–H groups in total. The van der Waals surface area contributed by atoms with Crippen LogP contribution in [-0.4, -0.2) is 43.5 Å². The number of hydrogen-bond acceptors (Lipinski definition) is 5. The van der Waals surface area contributed by atoms with Crippen LogP contribution in [0.5, 0.6) is 5.75 Å². The molecule has 1 aromatic heterocycles. The van der Waals surface area contributed by atoms with Crippen LogP contribution in [0.25, 0.3) is 0 Å². The lowest BCUT2D eigenvalue weighted by Crippen LogP contribution is -2.37. The fourth-order valence-electron chi connectivity index (χ4n) is 3.29. The monoisotopic (exact) mass is 389 g/mol. The average Bonchev–Trinajstić information content (AvgIpc) is 3.02. The van der Waals surface area contributed by atoms with Crippen molar-refractivity contribution in [1.29, 1.82) is 0 Å². The van der Waals surface area contributed by atoms with Gasteiger partial charge in [-0.25, -0.2) is 13.1 Å². The maximum Gasteiger partial charge on any atom is 0.242 e. The second kappa shape index (κ2) is 8.37. The van der Waals surface area contributed by atoms with Gasteiger partial charge in [-0.1, -0.05) is 12.1 Å². The van der Waals surface area contributed by atoms with Gasteiger partial charge in [0.25, 0.3) is 0 Å². The number of hydrogen-bond donors (Lipinski definition) is 1. The van der Waals surface area contributed by atoms with Crippen LogP contribution in [-0.2, 0) is 16.6 Å². The van der Waals surface area contributed by atoms with Gasteiger partial charge in [-0.05, 0) is 56.5 Å². The van der Waals surface area contributed by atoms with Gasteiger partial charge in [0.05, 0.1) is 6.10 Å². The standard InChI is InChI=1S/C20H27N3O3S/c1-15(2)26-19-6-4-17(5-7-19)13-23-11-9-18(14-23)22-27(24,25)20-12-21-10-8-16(20)3/h4-8,10,12,15,18,22H,9,11,13-14H2,1-3H3/t18-/m1/s1. The van der Waals surface area contributed by atoms with E-state index in [4.69, 9.17) is 4.74 Å².